The molecular formula is C49H39F2Ir3N5O4-2. The van der Waals surface area contributed by atoms with Crippen molar-refractivity contribution < 1.29 is 88.9 Å². The molecule has 4 heterocycles. The molecule has 0 aliphatic carbocycles. The van der Waals surface area contributed by atoms with Crippen molar-refractivity contribution in [1.82, 2.24) is 24.9 Å². The number of rotatable bonds is 5. The molecule has 14 heteroatoms. The molecule has 9 nitrogen and oxygen atoms in total. The summed E-state index contributed by atoms with van der Waals surface area (Å²) in [6, 6.07) is 48.7. The van der Waals surface area contributed by atoms with E-state index in [0.29, 0.717) is 12.1 Å². The van der Waals surface area contributed by atoms with E-state index in [4.69, 9.17) is 15.0 Å². The molecule has 3 radical (unpaired) electrons. The van der Waals surface area contributed by atoms with E-state index < -0.39 is 23.7 Å². The third-order valence-corrected chi connectivity index (χ3v) is 8.17. The molecule has 327 valence electrons. The summed E-state index contributed by atoms with van der Waals surface area (Å²) >= 11 is 0. The van der Waals surface area contributed by atoms with Crippen molar-refractivity contribution in [1.29, 1.82) is 0 Å². The van der Waals surface area contributed by atoms with E-state index in [0.717, 1.165) is 45.2 Å². The topological polar surface area (TPSA) is 143 Å². The van der Waals surface area contributed by atoms with Crippen LogP contribution in [0.2, 0.25) is 0 Å². The van der Waals surface area contributed by atoms with Crippen molar-refractivity contribution in [3.05, 3.63) is 200 Å². The van der Waals surface area contributed by atoms with Gasteiger partial charge in [0.15, 0.2) is 0 Å². The predicted molar refractivity (Wildman–Crippen MR) is 230 cm³/mol. The van der Waals surface area contributed by atoms with Gasteiger partial charge in [-0.25, -0.2) is 9.78 Å². The Balaban J connectivity index is 0.000000278. The van der Waals surface area contributed by atoms with E-state index in [2.05, 4.69) is 67.4 Å². The molecule has 0 amide bonds. The fourth-order valence-electron chi connectivity index (χ4n) is 5.64. The van der Waals surface area contributed by atoms with E-state index >= 15 is 0 Å². The molecule has 0 aliphatic rings. The van der Waals surface area contributed by atoms with Crippen LogP contribution >= 0.6 is 0 Å². The van der Waals surface area contributed by atoms with Crippen LogP contribution in [0.15, 0.2) is 164 Å². The van der Waals surface area contributed by atoms with Crippen molar-refractivity contribution in [3.63, 3.8) is 0 Å². The molecule has 5 aromatic carbocycles. The zero-order valence-electron chi connectivity index (χ0n) is 33.6. The summed E-state index contributed by atoms with van der Waals surface area (Å²) in [5, 5.41) is 21.4. The predicted octanol–water partition coefficient (Wildman–Crippen LogP) is 10.2. The van der Waals surface area contributed by atoms with Crippen molar-refractivity contribution in [2.24, 2.45) is 0 Å². The molecule has 0 aliphatic heterocycles. The maximum Gasteiger partial charge on any atom is 0.354 e. The monoisotopic (exact) mass is 1380 g/mol. The van der Waals surface area contributed by atoms with Crippen molar-refractivity contribution in [2.75, 3.05) is 0 Å². The normalized spacial score (nSPS) is 10.1. The number of carboxylic acids is 1. The molecule has 63 heavy (non-hydrogen) atoms. The van der Waals surface area contributed by atoms with Crippen molar-refractivity contribution >= 4 is 44.3 Å². The number of halogens is 2. The minimum atomic E-state index is -0.990. The molecule has 9 aromatic rings. The Hall–Kier alpha value is -5.68. The maximum atomic E-state index is 13.2. The van der Waals surface area contributed by atoms with Gasteiger partial charge in [0.2, 0.25) is 0 Å². The van der Waals surface area contributed by atoms with Gasteiger partial charge in [-0.3, -0.25) is 18.6 Å². The first-order valence-corrected chi connectivity index (χ1v) is 18.5. The number of fused-ring (bicyclic) bond motifs is 6. The van der Waals surface area contributed by atoms with E-state index in [9.17, 15) is 13.6 Å². The largest absolute Gasteiger partial charge is 0.477 e. The molecular weight excluding hydrogens is 1340 g/mol. The van der Waals surface area contributed by atoms with E-state index in [1.54, 1.807) is 69.0 Å². The fraction of sp³-hybridized carbons (Fsp3) is 0.0816. The van der Waals surface area contributed by atoms with Gasteiger partial charge < -0.3 is 25.2 Å². The summed E-state index contributed by atoms with van der Waals surface area (Å²) in [6.45, 7) is 3.21. The zero-order valence-corrected chi connectivity index (χ0v) is 40.8. The van der Waals surface area contributed by atoms with Crippen molar-refractivity contribution in [2.45, 2.75) is 26.4 Å². The van der Waals surface area contributed by atoms with Crippen LogP contribution in [0.1, 0.15) is 30.8 Å². The zero-order chi connectivity index (χ0) is 42.7. The maximum absolute atomic E-state index is 13.2. The van der Waals surface area contributed by atoms with Crippen LogP contribution in [0.25, 0.3) is 55.1 Å². The van der Waals surface area contributed by atoms with Crippen LogP contribution in [0.4, 0.5) is 8.78 Å². The summed E-state index contributed by atoms with van der Waals surface area (Å²) in [5.74, 6) is -1.99. The molecule has 9 rings (SSSR count). The number of aliphatic hydroxyl groups is 1. The second-order valence-corrected chi connectivity index (χ2v) is 12.8. The number of carboxylic acid groups (broad SMARTS) is 1. The summed E-state index contributed by atoms with van der Waals surface area (Å²) in [5.41, 5.74) is 4.60. The van der Waals surface area contributed by atoms with Crippen LogP contribution in [-0.2, 0) is 60.3 Å². The van der Waals surface area contributed by atoms with Gasteiger partial charge in [-0.2, -0.15) is 0 Å². The minimum Gasteiger partial charge on any atom is -0.477 e. The van der Waals surface area contributed by atoms with Gasteiger partial charge in [-0.05, 0) is 48.0 Å². The van der Waals surface area contributed by atoms with Crippen LogP contribution in [0, 0.1) is 29.8 Å². The van der Waals surface area contributed by atoms with Gasteiger partial charge in [0, 0.05) is 115 Å². The standard InChI is InChI=1S/C16H9N2.C11H6F2N.C11H8N.C6H5NO2.C5H10O2.3Ir/c1-3-7-13-11(5-1)12-6-2-4-8-14(12)16-15(13)17-9-10-18-16;12-8-4-5-9(10(13)7-8)11-3-1-2-6-14-11;1-2-6-10(7-3-1)11-8-4-5-9-12-11;8-6(9)5-3-1-2-4-7-5;1-4(6)3-5(2)7;;;/h1-7,9-10H;1-4,6-7H;1-6,8-9H;1-4H,(H,8,9);4,6H,3H2,1-2H3;;;/q3*-1;;;;;/p+1. The Bertz CT molecular complexity index is 2500. The van der Waals surface area contributed by atoms with Gasteiger partial charge in [0.25, 0.3) is 5.78 Å². The Kier molecular flexibility index (Phi) is 23.8. The van der Waals surface area contributed by atoms with Gasteiger partial charge in [0.1, 0.15) is 5.69 Å². The molecule has 0 saturated carbocycles. The van der Waals surface area contributed by atoms with Crippen LogP contribution in [-0.4, -0.2) is 57.8 Å². The molecule has 0 bridgehead atoms. The van der Waals surface area contributed by atoms with Crippen LogP contribution < -0.4 is 0 Å². The Morgan fingerprint density at radius 1 is 0.651 bits per heavy atom. The fourth-order valence-corrected chi connectivity index (χ4v) is 5.64. The van der Waals surface area contributed by atoms with Gasteiger partial charge in [0.05, 0.1) is 18.0 Å². The van der Waals surface area contributed by atoms with Gasteiger partial charge in [-0.1, -0.05) is 77.0 Å². The number of hydrogen-bond donors (Lipinski definition) is 2. The quantitative estimate of drug-likeness (QED) is 0.0985. The molecule has 4 aromatic heterocycles. The molecule has 3 N–H and O–H groups in total. The van der Waals surface area contributed by atoms with E-state index in [1.165, 1.54) is 23.0 Å². The second-order valence-electron chi connectivity index (χ2n) is 12.8. The number of carbonyl (C=O) groups is 1. The van der Waals surface area contributed by atoms with Gasteiger partial charge in [-0.15, -0.1) is 77.7 Å². The number of hydrogen-bond acceptors (Lipinski definition) is 7. The summed E-state index contributed by atoms with van der Waals surface area (Å²) < 4.78 is 25.8. The molecule has 0 fully saturated rings. The molecule has 0 spiro atoms. The number of ketones is 1. The summed E-state index contributed by atoms with van der Waals surface area (Å²) in [6.07, 6.45) is 8.23. The van der Waals surface area contributed by atoms with Gasteiger partial charge >= 0.3 is 5.97 Å². The Morgan fingerprint density at radius 2 is 1.22 bits per heavy atom. The van der Waals surface area contributed by atoms with E-state index in [-0.39, 0.29) is 77.4 Å². The smallest absolute Gasteiger partial charge is 0.354 e. The number of carbonyl (C=O) groups excluding carboxylic acids is 1. The summed E-state index contributed by atoms with van der Waals surface area (Å²) in [4.78, 5) is 39.3. The first-order valence-electron chi connectivity index (χ1n) is 18.5. The first kappa shape index (κ1) is 53.5. The van der Waals surface area contributed by atoms with Crippen molar-refractivity contribution in [3.8, 4) is 22.5 Å². The third-order valence-electron chi connectivity index (χ3n) is 8.17. The molecule has 1 unspecified atom stereocenters. The number of aromatic carboxylic acids is 1. The molecule has 1 atom stereocenters. The Labute approximate surface area is 404 Å². The van der Waals surface area contributed by atoms with Crippen LogP contribution in [0.3, 0.4) is 0 Å². The third kappa shape index (κ3) is 16.5. The first-order chi connectivity index (χ1) is 29.1. The Morgan fingerprint density at radius 3 is 1.75 bits per heavy atom. The SMILES string of the molecule is CC(=[OH+])CC(C)O.Fc1c[c-]c(-c2ccccn2)c(F)c1.O=C(O)c1ccccn1.[Ir].[Ir].[Ir].[c-]1cccc2c1c1nccnc1c1ccccc21.[c-]1ccccc1-c1ccccn1. The number of nitrogens with zero attached hydrogens (tertiary/aromatic N) is 5. The van der Waals surface area contributed by atoms with Crippen LogP contribution in [0.5, 0.6) is 0 Å². The van der Waals surface area contributed by atoms with E-state index in [1.807, 2.05) is 60.7 Å². The second kappa shape index (κ2) is 28.1. The summed E-state index contributed by atoms with van der Waals surface area (Å²) in [7, 11) is 0. The number of aromatic nitrogens is 5. The average molecular weight is 1380 g/mol. The molecule has 0 saturated heterocycles. The average Bonchev–Trinajstić information content (AvgIpc) is 3.28. The number of benzene rings is 5. The number of pyridine rings is 3. The number of aliphatic hydroxyl groups excluding tert-OH is 1. The minimum absolute atomic E-state index is 0.